The van der Waals surface area contributed by atoms with Gasteiger partial charge in [0.1, 0.15) is 5.65 Å². The van der Waals surface area contributed by atoms with Crippen molar-refractivity contribution >= 4 is 31.6 Å². The van der Waals surface area contributed by atoms with E-state index in [9.17, 15) is 8.42 Å². The van der Waals surface area contributed by atoms with E-state index in [1.54, 1.807) is 22.5 Å². The van der Waals surface area contributed by atoms with Crippen LogP contribution in [0.2, 0.25) is 0 Å². The van der Waals surface area contributed by atoms with Gasteiger partial charge in [-0.05, 0) is 30.3 Å². The Morgan fingerprint density at radius 1 is 1.04 bits per heavy atom. The van der Waals surface area contributed by atoms with Crippen molar-refractivity contribution in [1.82, 2.24) is 18.6 Å². The monoisotopic (exact) mass is 434 g/mol. The molecule has 0 N–H and O–H groups in total. The lowest BCUT2D eigenvalue weighted by Gasteiger charge is -2.33. The van der Waals surface area contributed by atoms with Crippen molar-refractivity contribution < 1.29 is 8.42 Å². The van der Waals surface area contributed by atoms with E-state index in [2.05, 4.69) is 25.8 Å². The summed E-state index contributed by atoms with van der Waals surface area (Å²) in [4.78, 5) is 7.19. The minimum atomic E-state index is -3.44. The number of rotatable bonds is 4. The molecule has 0 aliphatic carbocycles. The summed E-state index contributed by atoms with van der Waals surface area (Å²) in [6, 6.07) is 12.8. The maximum atomic E-state index is 12.8. The van der Waals surface area contributed by atoms with Crippen molar-refractivity contribution in [1.29, 1.82) is 0 Å². The van der Waals surface area contributed by atoms with Crippen LogP contribution in [0.5, 0.6) is 0 Å². The third kappa shape index (κ3) is 3.55. The number of pyridine rings is 1. The second-order valence-corrected chi connectivity index (χ2v) is 9.19. The lowest BCUT2D eigenvalue weighted by molar-refractivity contribution is 0.180. The molecule has 3 heterocycles. The molecule has 0 bridgehead atoms. The molecule has 26 heavy (non-hydrogen) atoms. The van der Waals surface area contributed by atoms with Crippen LogP contribution in [0, 0.1) is 0 Å². The Morgan fingerprint density at radius 2 is 1.85 bits per heavy atom. The lowest BCUT2D eigenvalue weighted by Crippen LogP contribution is -2.48. The average Bonchev–Trinajstić information content (AvgIpc) is 3.04. The number of sulfonamides is 1. The number of halogens is 1. The van der Waals surface area contributed by atoms with Crippen LogP contribution < -0.4 is 0 Å². The Kier molecular flexibility index (Phi) is 4.83. The molecule has 0 unspecified atom stereocenters. The molecule has 0 spiro atoms. The first-order chi connectivity index (χ1) is 12.5. The van der Waals surface area contributed by atoms with Gasteiger partial charge in [0.15, 0.2) is 0 Å². The molecular weight excluding hydrogens is 416 g/mol. The first kappa shape index (κ1) is 17.7. The van der Waals surface area contributed by atoms with Crippen LogP contribution in [-0.4, -0.2) is 53.2 Å². The normalized spacial score (nSPS) is 17.0. The summed E-state index contributed by atoms with van der Waals surface area (Å²) in [6.45, 7) is 3.10. The Morgan fingerprint density at radius 3 is 2.58 bits per heavy atom. The van der Waals surface area contributed by atoms with E-state index in [0.717, 1.165) is 22.4 Å². The van der Waals surface area contributed by atoms with Crippen molar-refractivity contribution in [3.8, 4) is 0 Å². The van der Waals surface area contributed by atoms with Gasteiger partial charge < -0.3 is 4.40 Å². The zero-order valence-electron chi connectivity index (χ0n) is 14.1. The molecule has 0 amide bonds. The number of aromatic nitrogens is 2. The zero-order chi connectivity index (χ0) is 18.1. The minimum absolute atomic E-state index is 0.334. The van der Waals surface area contributed by atoms with Crippen LogP contribution in [0.15, 0.2) is 64.2 Å². The molecule has 1 aliphatic heterocycles. The number of hydrogen-bond acceptors (Lipinski definition) is 4. The Balaban J connectivity index is 1.42. The second-order valence-electron chi connectivity index (χ2n) is 6.34. The lowest BCUT2D eigenvalue weighted by atomic mass is 10.3. The van der Waals surface area contributed by atoms with Gasteiger partial charge in [0, 0.05) is 49.6 Å². The van der Waals surface area contributed by atoms with E-state index in [1.807, 2.05) is 41.1 Å². The summed E-state index contributed by atoms with van der Waals surface area (Å²) in [7, 11) is -3.44. The number of hydrogen-bond donors (Lipinski definition) is 0. The largest absolute Gasteiger partial charge is 0.307 e. The Labute approximate surface area is 161 Å². The maximum Gasteiger partial charge on any atom is 0.243 e. The first-order valence-corrected chi connectivity index (χ1v) is 10.7. The SMILES string of the molecule is O=S(=O)(c1cccc(Br)c1)N1CCN(Cc2cn3ccccc3n2)CC1. The third-order valence-corrected chi connectivity index (χ3v) is 6.95. The Hall–Kier alpha value is -1.74. The van der Waals surface area contributed by atoms with Gasteiger partial charge in [-0.1, -0.05) is 28.1 Å². The number of nitrogens with zero attached hydrogens (tertiary/aromatic N) is 4. The molecule has 8 heteroatoms. The van der Waals surface area contributed by atoms with E-state index >= 15 is 0 Å². The summed E-state index contributed by atoms with van der Waals surface area (Å²) in [5.41, 5.74) is 1.93. The molecule has 3 aromatic rings. The van der Waals surface area contributed by atoms with Crippen molar-refractivity contribution in [3.05, 3.63) is 65.0 Å². The van der Waals surface area contributed by atoms with E-state index < -0.39 is 10.0 Å². The van der Waals surface area contributed by atoms with Crippen LogP contribution in [-0.2, 0) is 16.6 Å². The van der Waals surface area contributed by atoms with Gasteiger partial charge in [-0.25, -0.2) is 13.4 Å². The summed E-state index contributed by atoms with van der Waals surface area (Å²) in [6.07, 6.45) is 4.01. The molecule has 1 fully saturated rings. The zero-order valence-corrected chi connectivity index (χ0v) is 16.5. The minimum Gasteiger partial charge on any atom is -0.307 e. The molecule has 136 valence electrons. The van der Waals surface area contributed by atoms with E-state index in [4.69, 9.17) is 0 Å². The van der Waals surface area contributed by atoms with Gasteiger partial charge in [-0.15, -0.1) is 0 Å². The molecule has 6 nitrogen and oxygen atoms in total. The molecule has 0 radical (unpaired) electrons. The highest BCUT2D eigenvalue weighted by molar-refractivity contribution is 9.10. The fourth-order valence-corrected chi connectivity index (χ4v) is 5.22. The van der Waals surface area contributed by atoms with Crippen molar-refractivity contribution in [2.75, 3.05) is 26.2 Å². The van der Waals surface area contributed by atoms with Crippen LogP contribution in [0.4, 0.5) is 0 Å². The van der Waals surface area contributed by atoms with Gasteiger partial charge in [-0.2, -0.15) is 4.31 Å². The van der Waals surface area contributed by atoms with Gasteiger partial charge in [0.2, 0.25) is 10.0 Å². The highest BCUT2D eigenvalue weighted by Crippen LogP contribution is 2.21. The third-order valence-electron chi connectivity index (χ3n) is 4.56. The van der Waals surface area contributed by atoms with E-state index in [-0.39, 0.29) is 0 Å². The average molecular weight is 435 g/mol. The highest BCUT2D eigenvalue weighted by Gasteiger charge is 2.28. The fourth-order valence-electron chi connectivity index (χ4n) is 3.20. The van der Waals surface area contributed by atoms with Crippen molar-refractivity contribution in [3.63, 3.8) is 0 Å². The van der Waals surface area contributed by atoms with E-state index in [1.165, 1.54) is 0 Å². The second kappa shape index (κ2) is 7.11. The molecule has 0 atom stereocenters. The van der Waals surface area contributed by atoms with Gasteiger partial charge in [0.05, 0.1) is 10.6 Å². The van der Waals surface area contributed by atoms with Crippen LogP contribution >= 0.6 is 15.9 Å². The standard InChI is InChI=1S/C18H19BrN4O2S/c19-15-4-3-5-17(12-15)26(24,25)23-10-8-21(9-11-23)13-16-14-22-7-2-1-6-18(22)20-16/h1-7,12,14H,8-11,13H2. The van der Waals surface area contributed by atoms with Gasteiger partial charge in [-0.3, -0.25) is 4.90 Å². The van der Waals surface area contributed by atoms with Gasteiger partial charge in [0.25, 0.3) is 0 Å². The fraction of sp³-hybridized carbons (Fsp3) is 0.278. The molecular formula is C18H19BrN4O2S. The predicted octanol–water partition coefficient (Wildman–Crippen LogP) is 2.60. The molecule has 4 rings (SSSR count). The van der Waals surface area contributed by atoms with E-state index in [0.29, 0.717) is 31.1 Å². The number of fused-ring (bicyclic) bond motifs is 1. The number of benzene rings is 1. The van der Waals surface area contributed by atoms with Crippen molar-refractivity contribution in [2.45, 2.75) is 11.4 Å². The molecule has 0 saturated carbocycles. The van der Waals surface area contributed by atoms with Crippen LogP contribution in [0.1, 0.15) is 5.69 Å². The molecule has 1 aromatic carbocycles. The summed E-state index contributed by atoms with van der Waals surface area (Å²) < 4.78 is 29.9. The predicted molar refractivity (Wildman–Crippen MR) is 103 cm³/mol. The molecule has 2 aromatic heterocycles. The smallest absolute Gasteiger partial charge is 0.243 e. The number of imidazole rings is 1. The summed E-state index contributed by atoms with van der Waals surface area (Å²) in [5, 5.41) is 0. The Bertz CT molecular complexity index is 993. The summed E-state index contributed by atoms with van der Waals surface area (Å²) >= 11 is 3.34. The highest BCUT2D eigenvalue weighted by atomic mass is 79.9. The molecule has 1 aliphatic rings. The van der Waals surface area contributed by atoms with Crippen LogP contribution in [0.25, 0.3) is 5.65 Å². The quantitative estimate of drug-likeness (QED) is 0.632. The van der Waals surface area contributed by atoms with Crippen LogP contribution in [0.3, 0.4) is 0 Å². The first-order valence-electron chi connectivity index (χ1n) is 8.43. The topological polar surface area (TPSA) is 57.9 Å². The number of piperazine rings is 1. The van der Waals surface area contributed by atoms with Crippen molar-refractivity contribution in [2.24, 2.45) is 0 Å². The van der Waals surface area contributed by atoms with Gasteiger partial charge >= 0.3 is 0 Å². The maximum absolute atomic E-state index is 12.8. The summed E-state index contributed by atoms with van der Waals surface area (Å²) in [5.74, 6) is 0. The molecule has 1 saturated heterocycles.